The van der Waals surface area contributed by atoms with Crippen LogP contribution in [0.15, 0.2) is 60.2 Å². The van der Waals surface area contributed by atoms with Gasteiger partial charge in [-0.2, -0.15) is 0 Å². The van der Waals surface area contributed by atoms with Gasteiger partial charge in [-0.3, -0.25) is 14.6 Å². The van der Waals surface area contributed by atoms with Crippen molar-refractivity contribution in [1.29, 1.82) is 0 Å². The van der Waals surface area contributed by atoms with Gasteiger partial charge in [0, 0.05) is 23.3 Å². The number of hydrogen-bond donors (Lipinski definition) is 1. The fourth-order valence-electron chi connectivity index (χ4n) is 3.03. The molecule has 6 nitrogen and oxygen atoms in total. The number of pyridine rings is 1. The summed E-state index contributed by atoms with van der Waals surface area (Å²) in [6, 6.07) is 13.5. The molecule has 1 aromatic carbocycles. The van der Waals surface area contributed by atoms with E-state index in [1.165, 1.54) is 11.3 Å². The Bertz CT molecular complexity index is 958. The molecule has 3 aromatic rings. The lowest BCUT2D eigenvalue weighted by molar-refractivity contribution is -0.148. The molecule has 1 atom stereocenters. The molecule has 2 aromatic heterocycles. The zero-order chi connectivity index (χ0) is 21.3. The second kappa shape index (κ2) is 10.6. The van der Waals surface area contributed by atoms with Crippen LogP contribution in [0.3, 0.4) is 0 Å². The molecule has 3 rings (SSSR count). The lowest BCUT2D eigenvalue weighted by Gasteiger charge is -2.21. The number of esters is 1. The summed E-state index contributed by atoms with van der Waals surface area (Å²) in [5.41, 5.74) is 2.56. The topological polar surface area (TPSA) is 81.2 Å². The van der Waals surface area contributed by atoms with Gasteiger partial charge in [0.2, 0.25) is 0 Å². The molecule has 0 radical (unpaired) electrons. The summed E-state index contributed by atoms with van der Waals surface area (Å²) in [6.07, 6.45) is 4.26. The van der Waals surface area contributed by atoms with Crippen LogP contribution in [0, 0.1) is 5.92 Å². The van der Waals surface area contributed by atoms with Gasteiger partial charge in [0.25, 0.3) is 5.91 Å². The second-order valence-electron chi connectivity index (χ2n) is 7.38. The van der Waals surface area contributed by atoms with Gasteiger partial charge in [0.05, 0.1) is 18.2 Å². The number of benzene rings is 1. The van der Waals surface area contributed by atoms with Gasteiger partial charge >= 0.3 is 5.97 Å². The molecule has 0 spiro atoms. The first-order valence-corrected chi connectivity index (χ1v) is 10.7. The summed E-state index contributed by atoms with van der Waals surface area (Å²) >= 11 is 1.44. The Kier molecular flexibility index (Phi) is 7.68. The zero-order valence-corrected chi connectivity index (χ0v) is 17.9. The van der Waals surface area contributed by atoms with Crippen molar-refractivity contribution in [2.75, 3.05) is 6.61 Å². The Morgan fingerprint density at radius 3 is 2.63 bits per heavy atom. The van der Waals surface area contributed by atoms with Crippen molar-refractivity contribution in [3.05, 3.63) is 71.5 Å². The van der Waals surface area contributed by atoms with E-state index in [0.717, 1.165) is 22.6 Å². The summed E-state index contributed by atoms with van der Waals surface area (Å²) in [5, 5.41) is 5.58. The van der Waals surface area contributed by atoms with E-state index < -0.39 is 5.97 Å². The monoisotopic (exact) mass is 423 g/mol. The van der Waals surface area contributed by atoms with Crippen molar-refractivity contribution in [3.63, 3.8) is 0 Å². The first-order chi connectivity index (χ1) is 14.5. The van der Waals surface area contributed by atoms with E-state index in [1.54, 1.807) is 12.4 Å². The van der Waals surface area contributed by atoms with Gasteiger partial charge in [-0.25, -0.2) is 4.98 Å². The van der Waals surface area contributed by atoms with Crippen LogP contribution >= 0.6 is 11.3 Å². The maximum Gasteiger partial charge on any atom is 0.312 e. The van der Waals surface area contributed by atoms with Crippen molar-refractivity contribution in [2.24, 2.45) is 5.92 Å². The molecule has 0 aliphatic rings. The van der Waals surface area contributed by atoms with Crippen molar-refractivity contribution in [3.8, 4) is 10.6 Å². The van der Waals surface area contributed by atoms with Gasteiger partial charge in [0.15, 0.2) is 6.61 Å². The predicted molar refractivity (Wildman–Crippen MR) is 117 cm³/mol. The van der Waals surface area contributed by atoms with E-state index in [4.69, 9.17) is 4.74 Å². The Morgan fingerprint density at radius 2 is 1.93 bits per heavy atom. The molecular weight excluding hydrogens is 398 g/mol. The number of thiazole rings is 1. The lowest BCUT2D eigenvalue weighted by atomic mass is 9.97. The smallest absolute Gasteiger partial charge is 0.312 e. The summed E-state index contributed by atoms with van der Waals surface area (Å²) in [5.74, 6) is -0.378. The normalized spacial score (nSPS) is 11.8. The highest BCUT2D eigenvalue weighted by Crippen LogP contribution is 2.23. The van der Waals surface area contributed by atoms with Gasteiger partial charge < -0.3 is 10.1 Å². The number of carbonyl (C=O) groups excluding carboxylic acids is 2. The fraction of sp³-hybridized carbons (Fsp3) is 0.304. The van der Waals surface area contributed by atoms with E-state index in [2.05, 4.69) is 29.1 Å². The molecule has 0 aliphatic heterocycles. The minimum atomic E-state index is -0.478. The van der Waals surface area contributed by atoms with E-state index in [9.17, 15) is 9.59 Å². The molecule has 7 heteroatoms. The van der Waals surface area contributed by atoms with Gasteiger partial charge in [-0.1, -0.05) is 44.2 Å². The lowest BCUT2D eigenvalue weighted by Crippen LogP contribution is -2.33. The SMILES string of the molecule is CC(C)C[C@@H](NC(=O)COC(=O)Cc1csc(-c2cccnc2)n1)c1ccccc1. The summed E-state index contributed by atoms with van der Waals surface area (Å²) < 4.78 is 5.17. The molecule has 0 bridgehead atoms. The van der Waals surface area contributed by atoms with Crippen molar-refractivity contribution < 1.29 is 14.3 Å². The van der Waals surface area contributed by atoms with Gasteiger partial charge in [0.1, 0.15) is 5.01 Å². The molecule has 0 saturated heterocycles. The van der Waals surface area contributed by atoms with E-state index in [-0.39, 0.29) is 25.0 Å². The molecule has 0 aliphatic carbocycles. The summed E-state index contributed by atoms with van der Waals surface area (Å²) in [4.78, 5) is 33.0. The molecule has 0 saturated carbocycles. The molecule has 30 heavy (non-hydrogen) atoms. The van der Waals surface area contributed by atoms with Crippen LogP contribution in [0.25, 0.3) is 10.6 Å². The second-order valence-corrected chi connectivity index (χ2v) is 8.24. The average Bonchev–Trinajstić information content (AvgIpc) is 3.21. The van der Waals surface area contributed by atoms with Crippen LogP contribution in [0.5, 0.6) is 0 Å². The van der Waals surface area contributed by atoms with Gasteiger partial charge in [-0.05, 0) is 30.0 Å². The van der Waals surface area contributed by atoms with Crippen LogP contribution in [-0.4, -0.2) is 28.5 Å². The highest BCUT2D eigenvalue weighted by atomic mass is 32.1. The summed E-state index contributed by atoms with van der Waals surface area (Å²) in [7, 11) is 0. The molecular formula is C23H25N3O3S. The first kappa shape index (κ1) is 21.6. The van der Waals surface area contributed by atoms with Crippen molar-refractivity contribution >= 4 is 23.2 Å². The largest absolute Gasteiger partial charge is 0.455 e. The van der Waals surface area contributed by atoms with Crippen LogP contribution in [0.4, 0.5) is 0 Å². The number of amides is 1. The zero-order valence-electron chi connectivity index (χ0n) is 17.1. The standard InChI is InChI=1S/C23H25N3O3S/c1-16(2)11-20(17-7-4-3-5-8-17)26-21(27)14-29-22(28)12-19-15-30-23(25-19)18-9-6-10-24-13-18/h3-10,13,15-16,20H,11-12,14H2,1-2H3,(H,26,27)/t20-/m1/s1. The third-order valence-electron chi connectivity index (χ3n) is 4.39. The van der Waals surface area contributed by atoms with Crippen molar-refractivity contribution in [2.45, 2.75) is 32.7 Å². The molecule has 1 amide bonds. The van der Waals surface area contributed by atoms with E-state index in [0.29, 0.717) is 11.6 Å². The third-order valence-corrected chi connectivity index (χ3v) is 5.33. The Morgan fingerprint density at radius 1 is 1.13 bits per heavy atom. The number of nitrogens with zero attached hydrogens (tertiary/aromatic N) is 2. The van der Waals surface area contributed by atoms with Gasteiger partial charge in [-0.15, -0.1) is 11.3 Å². The predicted octanol–water partition coefficient (Wildman–Crippen LogP) is 4.19. The third kappa shape index (κ3) is 6.49. The maximum absolute atomic E-state index is 12.3. The molecule has 1 N–H and O–H groups in total. The number of carbonyl (C=O) groups is 2. The van der Waals surface area contributed by atoms with Crippen LogP contribution in [0.2, 0.25) is 0 Å². The van der Waals surface area contributed by atoms with Crippen LogP contribution in [0.1, 0.15) is 37.6 Å². The molecule has 0 unspecified atom stereocenters. The maximum atomic E-state index is 12.3. The molecule has 0 fully saturated rings. The van der Waals surface area contributed by atoms with E-state index in [1.807, 2.05) is 47.8 Å². The quantitative estimate of drug-likeness (QED) is 0.522. The molecule has 156 valence electrons. The number of aromatic nitrogens is 2. The Hall–Kier alpha value is -3.06. The average molecular weight is 424 g/mol. The Labute approximate surface area is 180 Å². The number of rotatable bonds is 9. The number of ether oxygens (including phenoxy) is 1. The minimum absolute atomic E-state index is 0.0259. The highest BCUT2D eigenvalue weighted by Gasteiger charge is 2.17. The van der Waals surface area contributed by atoms with Crippen LogP contribution < -0.4 is 5.32 Å². The number of nitrogens with one attached hydrogen (secondary N) is 1. The first-order valence-electron chi connectivity index (χ1n) is 9.86. The Balaban J connectivity index is 1.50. The van der Waals surface area contributed by atoms with Crippen LogP contribution in [-0.2, 0) is 20.7 Å². The summed E-state index contributed by atoms with van der Waals surface area (Å²) in [6.45, 7) is 3.91. The fourth-order valence-corrected chi connectivity index (χ4v) is 3.84. The minimum Gasteiger partial charge on any atom is -0.455 e. The van der Waals surface area contributed by atoms with E-state index >= 15 is 0 Å². The van der Waals surface area contributed by atoms with Crippen molar-refractivity contribution in [1.82, 2.24) is 15.3 Å². The highest BCUT2D eigenvalue weighted by molar-refractivity contribution is 7.13. The number of hydrogen-bond acceptors (Lipinski definition) is 6. The molecule has 2 heterocycles.